The molecule has 0 fully saturated rings. The lowest BCUT2D eigenvalue weighted by Crippen LogP contribution is -2.25. The van der Waals surface area contributed by atoms with Crippen LogP contribution in [0.3, 0.4) is 0 Å². The summed E-state index contributed by atoms with van der Waals surface area (Å²) in [5, 5.41) is 3.59. The van der Waals surface area contributed by atoms with Crippen LogP contribution in [0.5, 0.6) is 0 Å². The van der Waals surface area contributed by atoms with Crippen molar-refractivity contribution >= 4 is 21.6 Å². The lowest BCUT2D eigenvalue weighted by molar-refractivity contribution is 0.372. The van der Waals surface area contributed by atoms with Crippen molar-refractivity contribution in [2.45, 2.75) is 24.9 Å². The van der Waals surface area contributed by atoms with Gasteiger partial charge in [0.15, 0.2) is 5.82 Å². The Morgan fingerprint density at radius 2 is 2.19 bits per heavy atom. The molecule has 0 aliphatic heterocycles. The van der Waals surface area contributed by atoms with Crippen LogP contribution in [0.25, 0.3) is 0 Å². The van der Waals surface area contributed by atoms with Crippen molar-refractivity contribution < 1.29 is 17.3 Å². The number of nitrogens with two attached hydrogens (primary N) is 1. The van der Waals surface area contributed by atoms with Crippen LogP contribution < -0.4 is 10.5 Å². The molecular weight excluding hydrogens is 323 g/mol. The summed E-state index contributed by atoms with van der Waals surface area (Å²) < 4.78 is 45.2. The number of halogens is 2. The number of sulfonamides is 1. The molecule has 0 unspecified atom stereocenters. The molecule has 0 spiro atoms. The Bertz CT molecular complexity index is 763. The molecular formula is C11H12ClFN4O3S. The first-order valence-corrected chi connectivity index (χ1v) is 7.66. The van der Waals surface area contributed by atoms with E-state index in [4.69, 9.17) is 21.9 Å². The number of nitrogens with zero attached hydrogens (tertiary/aromatic N) is 2. The summed E-state index contributed by atoms with van der Waals surface area (Å²) >= 11 is 5.77. The van der Waals surface area contributed by atoms with Gasteiger partial charge in [0.2, 0.25) is 15.9 Å². The second-order valence-electron chi connectivity index (χ2n) is 4.14. The van der Waals surface area contributed by atoms with E-state index in [1.54, 1.807) is 6.92 Å². The van der Waals surface area contributed by atoms with Crippen LogP contribution in [0.1, 0.15) is 17.3 Å². The van der Waals surface area contributed by atoms with E-state index < -0.39 is 20.7 Å². The van der Waals surface area contributed by atoms with Crippen LogP contribution in [-0.2, 0) is 23.1 Å². The second-order valence-corrected chi connectivity index (χ2v) is 6.31. The number of aryl methyl sites for hydroxylation is 1. The Kier molecular flexibility index (Phi) is 4.57. The van der Waals surface area contributed by atoms with Crippen molar-refractivity contribution in [2.75, 3.05) is 0 Å². The molecule has 114 valence electrons. The van der Waals surface area contributed by atoms with Gasteiger partial charge in [-0.25, -0.2) is 17.5 Å². The zero-order valence-electron chi connectivity index (χ0n) is 10.9. The zero-order chi connectivity index (χ0) is 15.6. The van der Waals surface area contributed by atoms with Crippen LogP contribution in [0.2, 0.25) is 5.02 Å². The van der Waals surface area contributed by atoms with E-state index in [9.17, 15) is 12.8 Å². The fourth-order valence-electron chi connectivity index (χ4n) is 1.61. The summed E-state index contributed by atoms with van der Waals surface area (Å²) in [6.45, 7) is 1.16. The third-order valence-corrected chi connectivity index (χ3v) is 4.19. The number of hydrogen-bond donors (Lipinski definition) is 2. The van der Waals surface area contributed by atoms with Crippen molar-refractivity contribution in [1.82, 2.24) is 14.9 Å². The summed E-state index contributed by atoms with van der Waals surface area (Å²) in [6, 6.07) is 2.29. The minimum atomic E-state index is -4.13. The standard InChI is InChI=1S/C11H12ClFN4O3S/c1-6-16-10(20-17-6)5-15-21(18,19)9-3-8(12)2-7(4-14)11(9)13/h2-3,15H,4-5,14H2,1H3. The molecule has 10 heteroatoms. The summed E-state index contributed by atoms with van der Waals surface area (Å²) in [5.41, 5.74) is 5.36. The average Bonchev–Trinajstić information content (AvgIpc) is 2.84. The number of rotatable bonds is 5. The number of aromatic nitrogens is 2. The molecule has 1 heterocycles. The van der Waals surface area contributed by atoms with Gasteiger partial charge in [-0.05, 0) is 19.1 Å². The summed E-state index contributed by atoms with van der Waals surface area (Å²) in [5.74, 6) is -0.503. The van der Waals surface area contributed by atoms with Crippen LogP contribution in [0.15, 0.2) is 21.6 Å². The molecule has 0 amide bonds. The molecule has 0 aliphatic rings. The van der Waals surface area contributed by atoms with Gasteiger partial charge in [0, 0.05) is 17.1 Å². The summed E-state index contributed by atoms with van der Waals surface area (Å²) in [4.78, 5) is 3.26. The van der Waals surface area contributed by atoms with Gasteiger partial charge >= 0.3 is 0 Å². The normalized spacial score (nSPS) is 11.8. The number of nitrogens with one attached hydrogen (secondary N) is 1. The topological polar surface area (TPSA) is 111 Å². The fraction of sp³-hybridized carbons (Fsp3) is 0.273. The van der Waals surface area contributed by atoms with E-state index in [2.05, 4.69) is 14.9 Å². The van der Waals surface area contributed by atoms with Crippen molar-refractivity contribution in [3.63, 3.8) is 0 Å². The quantitative estimate of drug-likeness (QED) is 0.847. The first kappa shape index (κ1) is 15.8. The molecule has 0 radical (unpaired) electrons. The molecule has 0 bridgehead atoms. The van der Waals surface area contributed by atoms with E-state index >= 15 is 0 Å². The molecule has 0 aliphatic carbocycles. The second kappa shape index (κ2) is 6.06. The molecule has 7 nitrogen and oxygen atoms in total. The van der Waals surface area contributed by atoms with Crippen LogP contribution in [-0.4, -0.2) is 18.6 Å². The SMILES string of the molecule is Cc1noc(CNS(=O)(=O)c2cc(Cl)cc(CN)c2F)n1. The molecule has 21 heavy (non-hydrogen) atoms. The predicted molar refractivity (Wildman–Crippen MR) is 72.4 cm³/mol. The zero-order valence-corrected chi connectivity index (χ0v) is 12.5. The molecule has 0 saturated heterocycles. The Hall–Kier alpha value is -1.55. The van der Waals surface area contributed by atoms with Crippen LogP contribution in [0, 0.1) is 12.7 Å². The monoisotopic (exact) mass is 334 g/mol. The lowest BCUT2D eigenvalue weighted by Gasteiger charge is -2.09. The van der Waals surface area contributed by atoms with Gasteiger partial charge in [0.1, 0.15) is 10.7 Å². The third kappa shape index (κ3) is 3.56. The highest BCUT2D eigenvalue weighted by atomic mass is 35.5. The van der Waals surface area contributed by atoms with E-state index in [-0.39, 0.29) is 29.6 Å². The van der Waals surface area contributed by atoms with Gasteiger partial charge in [-0.15, -0.1) is 0 Å². The molecule has 1 aromatic carbocycles. The first-order valence-electron chi connectivity index (χ1n) is 5.80. The molecule has 2 rings (SSSR count). The van der Waals surface area contributed by atoms with E-state index in [1.807, 2.05) is 0 Å². The van der Waals surface area contributed by atoms with Crippen LogP contribution >= 0.6 is 11.6 Å². The van der Waals surface area contributed by atoms with Crippen molar-refractivity contribution in [1.29, 1.82) is 0 Å². The van der Waals surface area contributed by atoms with Gasteiger partial charge in [0.05, 0.1) is 6.54 Å². The van der Waals surface area contributed by atoms with Gasteiger partial charge in [-0.3, -0.25) is 0 Å². The Labute approximate surface area is 125 Å². The molecule has 2 aromatic rings. The highest BCUT2D eigenvalue weighted by Gasteiger charge is 2.22. The van der Waals surface area contributed by atoms with E-state index in [0.717, 1.165) is 6.07 Å². The predicted octanol–water partition coefficient (Wildman–Crippen LogP) is 1.11. The van der Waals surface area contributed by atoms with Crippen molar-refractivity contribution in [3.05, 3.63) is 40.3 Å². The van der Waals surface area contributed by atoms with Gasteiger partial charge in [-0.2, -0.15) is 4.98 Å². The third-order valence-electron chi connectivity index (χ3n) is 2.57. The van der Waals surface area contributed by atoms with Crippen molar-refractivity contribution in [2.24, 2.45) is 5.73 Å². The van der Waals surface area contributed by atoms with Gasteiger partial charge in [0.25, 0.3) is 0 Å². The number of hydrogen-bond acceptors (Lipinski definition) is 6. The Morgan fingerprint density at radius 1 is 1.48 bits per heavy atom. The molecule has 0 saturated carbocycles. The Morgan fingerprint density at radius 3 is 2.76 bits per heavy atom. The number of benzene rings is 1. The first-order chi connectivity index (χ1) is 9.83. The lowest BCUT2D eigenvalue weighted by atomic mass is 10.2. The maximum atomic E-state index is 14.1. The molecule has 0 atom stereocenters. The van der Waals surface area contributed by atoms with Crippen LogP contribution in [0.4, 0.5) is 4.39 Å². The Balaban J connectivity index is 2.29. The van der Waals surface area contributed by atoms with Gasteiger partial charge < -0.3 is 10.3 Å². The largest absolute Gasteiger partial charge is 0.338 e. The maximum Gasteiger partial charge on any atom is 0.244 e. The highest BCUT2D eigenvalue weighted by Crippen LogP contribution is 2.23. The average molecular weight is 335 g/mol. The van der Waals surface area contributed by atoms with Gasteiger partial charge in [-0.1, -0.05) is 16.8 Å². The highest BCUT2D eigenvalue weighted by molar-refractivity contribution is 7.89. The fourth-order valence-corrected chi connectivity index (χ4v) is 3.03. The van der Waals surface area contributed by atoms with Crippen molar-refractivity contribution in [3.8, 4) is 0 Å². The minimum absolute atomic E-state index is 0.0107. The minimum Gasteiger partial charge on any atom is -0.338 e. The van der Waals surface area contributed by atoms with E-state index in [1.165, 1.54) is 6.07 Å². The summed E-state index contributed by atoms with van der Waals surface area (Å²) in [7, 11) is -4.13. The molecule has 3 N–H and O–H groups in total. The summed E-state index contributed by atoms with van der Waals surface area (Å²) in [6.07, 6.45) is 0. The smallest absolute Gasteiger partial charge is 0.244 e. The molecule has 1 aromatic heterocycles. The van der Waals surface area contributed by atoms with E-state index in [0.29, 0.717) is 5.82 Å². The maximum absolute atomic E-state index is 14.1.